The van der Waals surface area contributed by atoms with Gasteiger partial charge in [-0.3, -0.25) is 18.7 Å². The van der Waals surface area contributed by atoms with Crippen LogP contribution in [0.15, 0.2) is 88.1 Å². The number of imidazole rings is 1. The van der Waals surface area contributed by atoms with Crippen LogP contribution in [-0.2, 0) is 25.8 Å². The molecule has 0 spiro atoms. The number of nitrogens with two attached hydrogens (primary N) is 1. The standard InChI is InChI=1S/C37H31BrF4N6O4/c1-20-18-47-31(19-46(20)35(50)21-8-15-28(38)27(16-21)37(40,41)42)33(48(36(47)51)22-9-11-23(12-10-22)52-24-13-14-24)34(49)44-17-26-25(4-2-5-29(26)39)30-6-3-7-32(43)45-30/h2-12,15-16,20,24H,13-14,17-19H2,1H3,(H2,43,45)(H,44,49)/t20-/m1/s1. The number of carbonyl (C=O) groups excluding carboxylic acids is 2. The van der Waals surface area contributed by atoms with Crippen molar-refractivity contribution in [3.05, 3.63) is 128 Å². The molecule has 52 heavy (non-hydrogen) atoms. The number of carbonyl (C=O) groups is 2. The van der Waals surface area contributed by atoms with Crippen molar-refractivity contribution in [1.29, 1.82) is 0 Å². The number of hydrogen-bond donors (Lipinski definition) is 2. The molecule has 0 unspecified atom stereocenters. The number of anilines is 1. The molecule has 3 aromatic carbocycles. The van der Waals surface area contributed by atoms with Crippen LogP contribution in [0.25, 0.3) is 16.9 Å². The van der Waals surface area contributed by atoms with Gasteiger partial charge in [0.2, 0.25) is 0 Å². The summed E-state index contributed by atoms with van der Waals surface area (Å²) >= 11 is 2.91. The molecule has 15 heteroatoms. The average molecular weight is 780 g/mol. The number of amides is 2. The Hall–Kier alpha value is -5.44. The Balaban J connectivity index is 1.27. The Labute approximate surface area is 303 Å². The fourth-order valence-electron chi connectivity index (χ4n) is 6.29. The number of pyridine rings is 1. The van der Waals surface area contributed by atoms with E-state index < -0.39 is 41.1 Å². The predicted octanol–water partition coefficient (Wildman–Crippen LogP) is 6.72. The third kappa shape index (κ3) is 6.79. The first-order chi connectivity index (χ1) is 24.8. The predicted molar refractivity (Wildman–Crippen MR) is 187 cm³/mol. The molecule has 7 rings (SSSR count). The lowest BCUT2D eigenvalue weighted by Gasteiger charge is -2.34. The lowest BCUT2D eigenvalue weighted by molar-refractivity contribution is -0.138. The lowest BCUT2D eigenvalue weighted by atomic mass is 10.0. The summed E-state index contributed by atoms with van der Waals surface area (Å²) in [6.45, 7) is 1.05. The van der Waals surface area contributed by atoms with Gasteiger partial charge in [-0.2, -0.15) is 13.2 Å². The zero-order valence-corrected chi connectivity index (χ0v) is 29.2. The van der Waals surface area contributed by atoms with Crippen molar-refractivity contribution in [2.45, 2.75) is 57.7 Å². The van der Waals surface area contributed by atoms with Crippen molar-refractivity contribution >= 4 is 33.6 Å². The summed E-state index contributed by atoms with van der Waals surface area (Å²) < 4.78 is 64.7. The second-order valence-electron chi connectivity index (χ2n) is 12.7. The normalized spacial score (nSPS) is 15.7. The van der Waals surface area contributed by atoms with Gasteiger partial charge in [-0.25, -0.2) is 14.2 Å². The van der Waals surface area contributed by atoms with Crippen LogP contribution in [0, 0.1) is 5.82 Å². The summed E-state index contributed by atoms with van der Waals surface area (Å²) in [5, 5.41) is 2.75. The molecule has 5 aromatic rings. The van der Waals surface area contributed by atoms with E-state index in [0.29, 0.717) is 22.7 Å². The van der Waals surface area contributed by atoms with Crippen molar-refractivity contribution in [2.75, 3.05) is 5.73 Å². The fourth-order valence-corrected chi connectivity index (χ4v) is 6.76. The Morgan fingerprint density at radius 3 is 2.46 bits per heavy atom. The van der Waals surface area contributed by atoms with Gasteiger partial charge in [0.05, 0.1) is 35.3 Å². The highest BCUT2D eigenvalue weighted by atomic mass is 79.9. The average Bonchev–Trinajstić information content (AvgIpc) is 3.88. The van der Waals surface area contributed by atoms with E-state index in [2.05, 4.69) is 26.2 Å². The monoisotopic (exact) mass is 778 g/mol. The Morgan fingerprint density at radius 1 is 1.04 bits per heavy atom. The van der Waals surface area contributed by atoms with Crippen LogP contribution in [0.5, 0.6) is 5.75 Å². The number of hydrogen-bond acceptors (Lipinski definition) is 6. The third-order valence-corrected chi connectivity index (χ3v) is 9.74. The largest absolute Gasteiger partial charge is 0.490 e. The molecule has 3 N–H and O–H groups in total. The van der Waals surface area contributed by atoms with Crippen LogP contribution < -0.4 is 21.5 Å². The van der Waals surface area contributed by atoms with Crippen molar-refractivity contribution in [3.8, 4) is 22.7 Å². The summed E-state index contributed by atoms with van der Waals surface area (Å²) in [6, 6.07) is 18.5. The molecule has 268 valence electrons. The number of alkyl halides is 3. The maximum atomic E-state index is 15.3. The number of halogens is 5. The van der Waals surface area contributed by atoms with Gasteiger partial charge in [0.15, 0.2) is 0 Å². The molecular weight excluding hydrogens is 748 g/mol. The summed E-state index contributed by atoms with van der Waals surface area (Å²) in [7, 11) is 0. The maximum absolute atomic E-state index is 15.3. The molecule has 1 saturated carbocycles. The number of nitrogens with zero attached hydrogens (tertiary/aromatic N) is 4. The molecule has 2 aromatic heterocycles. The van der Waals surface area contributed by atoms with E-state index in [1.807, 2.05) is 0 Å². The number of aromatic nitrogens is 3. The van der Waals surface area contributed by atoms with Crippen molar-refractivity contribution in [1.82, 2.24) is 24.3 Å². The van der Waals surface area contributed by atoms with Crippen molar-refractivity contribution in [3.63, 3.8) is 0 Å². The zero-order valence-electron chi connectivity index (χ0n) is 27.6. The number of rotatable bonds is 8. The lowest BCUT2D eigenvalue weighted by Crippen LogP contribution is -2.47. The van der Waals surface area contributed by atoms with Crippen molar-refractivity contribution in [2.24, 2.45) is 0 Å². The summed E-state index contributed by atoms with van der Waals surface area (Å²) in [4.78, 5) is 47.8. The highest BCUT2D eigenvalue weighted by molar-refractivity contribution is 9.10. The van der Waals surface area contributed by atoms with Crippen LogP contribution in [0.4, 0.5) is 23.4 Å². The zero-order chi connectivity index (χ0) is 36.9. The van der Waals surface area contributed by atoms with E-state index in [4.69, 9.17) is 10.5 Å². The van der Waals surface area contributed by atoms with Crippen LogP contribution in [-0.4, -0.2) is 43.0 Å². The highest BCUT2D eigenvalue weighted by Crippen LogP contribution is 2.36. The van der Waals surface area contributed by atoms with Gasteiger partial charge in [-0.1, -0.05) is 34.1 Å². The third-order valence-electron chi connectivity index (χ3n) is 9.05. The van der Waals surface area contributed by atoms with E-state index in [9.17, 15) is 27.6 Å². The first-order valence-corrected chi connectivity index (χ1v) is 17.2. The van der Waals surface area contributed by atoms with Gasteiger partial charge in [-0.05, 0) is 80.4 Å². The van der Waals surface area contributed by atoms with Gasteiger partial charge in [0.1, 0.15) is 23.1 Å². The van der Waals surface area contributed by atoms with E-state index in [1.54, 1.807) is 55.5 Å². The molecule has 0 radical (unpaired) electrons. The minimum absolute atomic E-state index is 0.0444. The quantitative estimate of drug-likeness (QED) is 0.169. The Morgan fingerprint density at radius 2 is 1.77 bits per heavy atom. The summed E-state index contributed by atoms with van der Waals surface area (Å²) in [6.07, 6.45) is -2.70. The smallest absolute Gasteiger partial charge is 0.417 e. The fraction of sp³-hybridized carbons (Fsp3) is 0.243. The molecule has 2 amide bonds. The van der Waals surface area contributed by atoms with Crippen LogP contribution in [0.2, 0.25) is 0 Å². The minimum atomic E-state index is -4.72. The van der Waals surface area contributed by atoms with Crippen LogP contribution in [0.3, 0.4) is 0 Å². The summed E-state index contributed by atoms with van der Waals surface area (Å²) in [5.74, 6) is -1.25. The molecule has 1 aliphatic carbocycles. The van der Waals surface area contributed by atoms with Gasteiger partial charge in [0, 0.05) is 40.3 Å². The van der Waals surface area contributed by atoms with Crippen LogP contribution >= 0.6 is 15.9 Å². The number of fused-ring (bicyclic) bond motifs is 1. The maximum Gasteiger partial charge on any atom is 0.417 e. The molecule has 1 fully saturated rings. The number of nitrogens with one attached hydrogen (secondary N) is 1. The summed E-state index contributed by atoms with van der Waals surface area (Å²) in [5.41, 5.74) is 5.38. The van der Waals surface area contributed by atoms with Gasteiger partial charge >= 0.3 is 11.9 Å². The van der Waals surface area contributed by atoms with Gasteiger partial charge < -0.3 is 20.7 Å². The Bertz CT molecular complexity index is 2270. The molecule has 1 atom stereocenters. The molecule has 1 aliphatic heterocycles. The first kappa shape index (κ1) is 35.0. The molecule has 0 bridgehead atoms. The second kappa shape index (κ2) is 13.6. The van der Waals surface area contributed by atoms with E-state index in [1.165, 1.54) is 32.2 Å². The van der Waals surface area contributed by atoms with Gasteiger partial charge in [0.25, 0.3) is 11.8 Å². The number of ether oxygens (including phenoxy) is 1. The first-order valence-electron chi connectivity index (χ1n) is 16.4. The molecule has 0 saturated heterocycles. The molecule has 2 aliphatic rings. The van der Waals surface area contributed by atoms with E-state index in [-0.39, 0.29) is 58.5 Å². The van der Waals surface area contributed by atoms with E-state index in [0.717, 1.165) is 25.0 Å². The van der Waals surface area contributed by atoms with Crippen molar-refractivity contribution < 1.29 is 31.9 Å². The van der Waals surface area contributed by atoms with Gasteiger partial charge in [-0.15, -0.1) is 0 Å². The minimum Gasteiger partial charge on any atom is -0.490 e. The molecule has 3 heterocycles. The number of benzene rings is 3. The number of nitrogen functional groups attached to an aromatic ring is 1. The second-order valence-corrected chi connectivity index (χ2v) is 13.6. The van der Waals surface area contributed by atoms with Crippen LogP contribution in [0.1, 0.15) is 57.4 Å². The highest BCUT2D eigenvalue weighted by Gasteiger charge is 2.38. The topological polar surface area (TPSA) is 124 Å². The molecule has 10 nitrogen and oxygen atoms in total. The van der Waals surface area contributed by atoms with E-state index >= 15 is 4.39 Å². The molecular formula is C37H31BrF4N6O4. The SMILES string of the molecule is C[C@@H]1Cn2c(c(C(=O)NCc3c(F)cccc3-c3cccc(N)n3)n(-c3ccc(OC4CC4)cc3)c2=O)CN1C(=O)c1ccc(Br)c(C(F)(F)F)c1. The Kier molecular flexibility index (Phi) is 9.15.